The van der Waals surface area contributed by atoms with Crippen LogP contribution in [-0.2, 0) is 9.53 Å². The van der Waals surface area contributed by atoms with Crippen molar-refractivity contribution in [1.82, 2.24) is 9.97 Å². The highest BCUT2D eigenvalue weighted by Gasteiger charge is 2.32. The molecule has 140 valence electrons. The largest absolute Gasteiger partial charge is 0.493 e. The number of carbonyl (C=O) groups excluding carboxylic acids is 1. The first-order valence-corrected chi connectivity index (χ1v) is 9.16. The van der Waals surface area contributed by atoms with Crippen LogP contribution < -0.4 is 9.47 Å². The molecule has 1 aromatic heterocycles. The van der Waals surface area contributed by atoms with Crippen molar-refractivity contribution in [1.29, 1.82) is 0 Å². The molecule has 0 atom stereocenters. The van der Waals surface area contributed by atoms with E-state index in [1.54, 1.807) is 26.0 Å². The van der Waals surface area contributed by atoms with Gasteiger partial charge in [0.15, 0.2) is 5.16 Å². The molecule has 0 unspecified atom stereocenters. The number of nitrogens with zero attached hydrogens (tertiary/aromatic N) is 2. The second-order valence-electron chi connectivity index (χ2n) is 5.76. The van der Waals surface area contributed by atoms with Gasteiger partial charge in [0.05, 0.1) is 19.4 Å². The zero-order valence-electron chi connectivity index (χ0n) is 15.3. The summed E-state index contributed by atoms with van der Waals surface area (Å²) in [5, 5.41) is 0.449. The summed E-state index contributed by atoms with van der Waals surface area (Å²) in [7, 11) is 1.29. The van der Waals surface area contributed by atoms with E-state index in [1.165, 1.54) is 31.0 Å². The van der Waals surface area contributed by atoms with Crippen LogP contribution in [-0.4, -0.2) is 41.5 Å². The van der Waals surface area contributed by atoms with Gasteiger partial charge in [-0.25, -0.2) is 14.2 Å². The van der Waals surface area contributed by atoms with Gasteiger partial charge in [-0.3, -0.25) is 0 Å². The lowest BCUT2D eigenvalue weighted by Gasteiger charge is -2.23. The maximum absolute atomic E-state index is 13.6. The third-order valence-corrected chi connectivity index (χ3v) is 3.97. The van der Waals surface area contributed by atoms with Crippen LogP contribution in [0.25, 0.3) is 11.3 Å². The highest BCUT2D eigenvalue weighted by atomic mass is 32.2. The molecular weight excluding hydrogens is 359 g/mol. The van der Waals surface area contributed by atoms with Gasteiger partial charge in [-0.1, -0.05) is 11.8 Å². The van der Waals surface area contributed by atoms with Crippen LogP contribution in [0.15, 0.2) is 29.4 Å². The molecule has 0 aliphatic rings. The van der Waals surface area contributed by atoms with Crippen LogP contribution in [0, 0.1) is 5.82 Å². The van der Waals surface area contributed by atoms with E-state index >= 15 is 0 Å². The molecule has 0 N–H and O–H groups in total. The van der Waals surface area contributed by atoms with Crippen LogP contribution >= 0.6 is 11.8 Å². The number of methoxy groups -OCH3 is 1. The van der Waals surface area contributed by atoms with E-state index < -0.39 is 17.4 Å². The summed E-state index contributed by atoms with van der Waals surface area (Å²) in [5.41, 5.74) is -0.114. The fourth-order valence-electron chi connectivity index (χ4n) is 2.22. The van der Waals surface area contributed by atoms with Crippen molar-refractivity contribution in [3.05, 3.63) is 30.1 Å². The normalized spacial score (nSPS) is 11.2. The third kappa shape index (κ3) is 4.63. The van der Waals surface area contributed by atoms with Gasteiger partial charge >= 0.3 is 5.97 Å². The van der Waals surface area contributed by atoms with E-state index in [2.05, 4.69) is 9.97 Å². The van der Waals surface area contributed by atoms with Crippen LogP contribution in [0.5, 0.6) is 11.6 Å². The van der Waals surface area contributed by atoms with E-state index in [4.69, 9.17) is 14.2 Å². The Labute approximate surface area is 156 Å². The number of halogens is 1. The van der Waals surface area contributed by atoms with Crippen molar-refractivity contribution < 1.29 is 23.4 Å². The number of esters is 1. The van der Waals surface area contributed by atoms with Gasteiger partial charge in [0.2, 0.25) is 11.5 Å². The summed E-state index contributed by atoms with van der Waals surface area (Å²) in [6, 6.07) is 5.80. The fourth-order valence-corrected chi connectivity index (χ4v) is 2.59. The van der Waals surface area contributed by atoms with Crippen molar-refractivity contribution in [2.75, 3.05) is 20.0 Å². The first kappa shape index (κ1) is 20.0. The van der Waals surface area contributed by atoms with Crippen LogP contribution in [0.2, 0.25) is 0 Å². The summed E-state index contributed by atoms with van der Waals surface area (Å²) in [6.45, 7) is 5.37. The average Bonchev–Trinajstić information content (AvgIpc) is 2.60. The lowest BCUT2D eigenvalue weighted by atomic mass is 10.1. The summed E-state index contributed by atoms with van der Waals surface area (Å²) in [5.74, 6) is -0.349. The van der Waals surface area contributed by atoms with Crippen LogP contribution in [0.1, 0.15) is 20.8 Å². The highest BCUT2D eigenvalue weighted by molar-refractivity contribution is 7.98. The van der Waals surface area contributed by atoms with Gasteiger partial charge in [0.25, 0.3) is 0 Å². The Morgan fingerprint density at radius 2 is 2.00 bits per heavy atom. The molecule has 0 amide bonds. The molecule has 0 radical (unpaired) electrons. The minimum Gasteiger partial charge on any atom is -0.493 e. The van der Waals surface area contributed by atoms with E-state index in [9.17, 15) is 9.18 Å². The molecule has 0 aliphatic carbocycles. The molecule has 0 bridgehead atoms. The first-order valence-electron chi connectivity index (χ1n) is 7.94. The second kappa shape index (κ2) is 8.35. The molecule has 0 spiro atoms. The molecule has 2 rings (SSSR count). The summed E-state index contributed by atoms with van der Waals surface area (Å²) in [4.78, 5) is 20.6. The van der Waals surface area contributed by atoms with Crippen LogP contribution in [0.4, 0.5) is 4.39 Å². The molecule has 0 saturated carbocycles. The van der Waals surface area contributed by atoms with Crippen LogP contribution in [0.3, 0.4) is 0 Å². The van der Waals surface area contributed by atoms with E-state index in [0.717, 1.165) is 0 Å². The Hall–Kier alpha value is -2.35. The average molecular weight is 380 g/mol. The molecule has 1 aromatic carbocycles. The van der Waals surface area contributed by atoms with Gasteiger partial charge in [-0.05, 0) is 39.2 Å². The number of ether oxygens (including phenoxy) is 3. The van der Waals surface area contributed by atoms with Gasteiger partial charge in [0.1, 0.15) is 11.6 Å². The summed E-state index contributed by atoms with van der Waals surface area (Å²) >= 11 is 1.32. The standard InChI is InChI=1S/C18H21FN2O4S/c1-6-24-14-9-11(19)7-8-12(14)13-10-15(21-17(20-13)26-5)25-18(2,3)16(22)23-4/h7-10H,6H2,1-5H3. The Kier molecular flexibility index (Phi) is 6.42. The summed E-state index contributed by atoms with van der Waals surface area (Å²) in [6.07, 6.45) is 1.82. The maximum atomic E-state index is 13.6. The number of carbonyl (C=O) groups is 1. The van der Waals surface area contributed by atoms with Gasteiger partial charge in [0, 0.05) is 17.7 Å². The molecule has 8 heteroatoms. The highest BCUT2D eigenvalue weighted by Crippen LogP contribution is 2.33. The molecular formula is C18H21FN2O4S. The molecule has 26 heavy (non-hydrogen) atoms. The number of benzene rings is 1. The predicted octanol–water partition coefficient (Wildman–Crippen LogP) is 3.73. The monoisotopic (exact) mass is 380 g/mol. The maximum Gasteiger partial charge on any atom is 0.349 e. The Morgan fingerprint density at radius 1 is 1.27 bits per heavy atom. The molecule has 0 fully saturated rings. The van der Waals surface area contributed by atoms with Gasteiger partial charge in [-0.2, -0.15) is 4.98 Å². The SMILES string of the molecule is CCOc1cc(F)ccc1-c1cc(OC(C)(C)C(=O)OC)nc(SC)n1. The number of rotatable bonds is 7. The number of hydrogen-bond acceptors (Lipinski definition) is 7. The second-order valence-corrected chi connectivity index (χ2v) is 6.53. The van der Waals surface area contributed by atoms with Crippen molar-refractivity contribution in [3.8, 4) is 22.9 Å². The Balaban J connectivity index is 2.50. The van der Waals surface area contributed by atoms with Crippen molar-refractivity contribution in [2.45, 2.75) is 31.5 Å². The predicted molar refractivity (Wildman–Crippen MR) is 97.1 cm³/mol. The molecule has 0 saturated heterocycles. The quantitative estimate of drug-likeness (QED) is 0.412. The van der Waals surface area contributed by atoms with E-state index in [0.29, 0.717) is 28.8 Å². The Bertz CT molecular complexity index is 799. The number of aromatic nitrogens is 2. The smallest absolute Gasteiger partial charge is 0.349 e. The zero-order chi connectivity index (χ0) is 19.3. The molecule has 0 aliphatic heterocycles. The fraction of sp³-hybridized carbons (Fsp3) is 0.389. The lowest BCUT2D eigenvalue weighted by Crippen LogP contribution is -2.39. The zero-order valence-corrected chi connectivity index (χ0v) is 16.1. The number of thioether (sulfide) groups is 1. The van der Waals surface area contributed by atoms with Crippen molar-refractivity contribution in [3.63, 3.8) is 0 Å². The Morgan fingerprint density at radius 3 is 2.62 bits per heavy atom. The van der Waals surface area contributed by atoms with Gasteiger partial charge in [-0.15, -0.1) is 0 Å². The van der Waals surface area contributed by atoms with E-state index in [-0.39, 0.29) is 5.88 Å². The minimum atomic E-state index is -1.22. The third-order valence-electron chi connectivity index (χ3n) is 3.42. The minimum absolute atomic E-state index is 0.210. The molecule has 2 aromatic rings. The van der Waals surface area contributed by atoms with Crippen molar-refractivity contribution >= 4 is 17.7 Å². The number of hydrogen-bond donors (Lipinski definition) is 0. The first-order chi connectivity index (χ1) is 12.3. The lowest BCUT2D eigenvalue weighted by molar-refractivity contribution is -0.156. The van der Waals surface area contributed by atoms with Gasteiger partial charge < -0.3 is 14.2 Å². The molecule has 1 heterocycles. The van der Waals surface area contributed by atoms with E-state index in [1.807, 2.05) is 13.2 Å². The summed E-state index contributed by atoms with van der Waals surface area (Å²) < 4.78 is 29.6. The van der Waals surface area contributed by atoms with Crippen molar-refractivity contribution in [2.24, 2.45) is 0 Å². The topological polar surface area (TPSA) is 70.5 Å². The molecule has 6 nitrogen and oxygen atoms in total.